The quantitative estimate of drug-likeness (QED) is 0.505. The van der Waals surface area contributed by atoms with Crippen LogP contribution < -0.4 is 4.74 Å². The summed E-state index contributed by atoms with van der Waals surface area (Å²) in [5.41, 5.74) is 4.43. The molecule has 0 fully saturated rings. The molecule has 6 heteroatoms. The number of benzene rings is 1. The third-order valence-corrected chi connectivity index (χ3v) is 4.71. The predicted molar refractivity (Wildman–Crippen MR) is 112 cm³/mol. The summed E-state index contributed by atoms with van der Waals surface area (Å²) in [5, 5.41) is 20.1. The van der Waals surface area contributed by atoms with Crippen molar-refractivity contribution in [1.82, 2.24) is 15.0 Å². The summed E-state index contributed by atoms with van der Waals surface area (Å²) in [4.78, 5) is 12.9. The first-order valence-corrected chi connectivity index (χ1v) is 9.10. The van der Waals surface area contributed by atoms with Crippen LogP contribution in [-0.4, -0.2) is 22.1 Å². The predicted octanol–water partition coefficient (Wildman–Crippen LogP) is 4.62. The highest BCUT2D eigenvalue weighted by molar-refractivity contribution is 5.89. The van der Waals surface area contributed by atoms with Crippen molar-refractivity contribution < 1.29 is 4.74 Å². The van der Waals surface area contributed by atoms with Gasteiger partial charge in [-0.2, -0.15) is 10.5 Å². The summed E-state index contributed by atoms with van der Waals surface area (Å²) in [6, 6.07) is 19.0. The van der Waals surface area contributed by atoms with E-state index in [1.807, 2.05) is 12.1 Å². The van der Waals surface area contributed by atoms with Crippen LogP contribution in [0.4, 0.5) is 0 Å². The summed E-state index contributed by atoms with van der Waals surface area (Å²) in [7, 11) is 1.59. The lowest BCUT2D eigenvalue weighted by atomic mass is 9.90. The number of hydrogen-bond donors (Lipinski definition) is 0. The minimum atomic E-state index is 0.334. The largest absolute Gasteiger partial charge is 0.497 e. The molecule has 0 atom stereocenters. The molecule has 1 aromatic carbocycles. The molecule has 0 amide bonds. The Bertz CT molecular complexity index is 1200. The number of hydrogen-bond acceptors (Lipinski definition) is 6. The number of ether oxygens (including phenoxy) is 1. The van der Waals surface area contributed by atoms with E-state index in [4.69, 9.17) is 9.72 Å². The lowest BCUT2D eigenvalue weighted by Gasteiger charge is -2.16. The minimum absolute atomic E-state index is 0.334. The fourth-order valence-electron chi connectivity index (χ4n) is 3.29. The van der Waals surface area contributed by atoms with E-state index in [9.17, 15) is 10.5 Å². The molecule has 0 radical (unpaired) electrons. The van der Waals surface area contributed by atoms with Crippen molar-refractivity contribution >= 4 is 0 Å². The van der Waals surface area contributed by atoms with Crippen LogP contribution >= 0.6 is 0 Å². The number of aromatic nitrogens is 3. The molecule has 0 spiro atoms. The molecule has 0 aliphatic rings. The van der Waals surface area contributed by atoms with Gasteiger partial charge in [0, 0.05) is 41.5 Å². The first kappa shape index (κ1) is 18.8. The highest BCUT2D eigenvalue weighted by Gasteiger charge is 2.23. The topological polar surface area (TPSA) is 95.5 Å². The van der Waals surface area contributed by atoms with Gasteiger partial charge >= 0.3 is 0 Å². The maximum Gasteiger partial charge on any atom is 0.118 e. The van der Waals surface area contributed by atoms with Gasteiger partial charge in [-0.25, -0.2) is 4.98 Å². The highest BCUT2D eigenvalue weighted by atomic mass is 16.5. The molecule has 4 rings (SSSR count). The summed E-state index contributed by atoms with van der Waals surface area (Å²) < 4.78 is 5.25. The molecule has 0 aliphatic carbocycles. The van der Waals surface area contributed by atoms with Crippen LogP contribution in [0.3, 0.4) is 0 Å². The second-order valence-electron chi connectivity index (χ2n) is 6.36. The van der Waals surface area contributed by atoms with E-state index in [1.165, 1.54) is 0 Å². The van der Waals surface area contributed by atoms with Gasteiger partial charge in [-0.1, -0.05) is 12.1 Å². The van der Waals surface area contributed by atoms with E-state index in [-0.39, 0.29) is 0 Å². The van der Waals surface area contributed by atoms with E-state index in [1.54, 1.807) is 68.3 Å². The average Bonchev–Trinajstić information content (AvgIpc) is 2.83. The van der Waals surface area contributed by atoms with E-state index in [0.717, 1.165) is 16.7 Å². The van der Waals surface area contributed by atoms with Gasteiger partial charge in [0.25, 0.3) is 0 Å². The summed E-state index contributed by atoms with van der Waals surface area (Å²) in [6.45, 7) is 0. The lowest BCUT2D eigenvalue weighted by Crippen LogP contribution is -2.02. The summed E-state index contributed by atoms with van der Waals surface area (Å²) in [5.74, 6) is 0.688. The summed E-state index contributed by atoms with van der Waals surface area (Å²) >= 11 is 0. The fourth-order valence-corrected chi connectivity index (χ4v) is 3.29. The third-order valence-electron chi connectivity index (χ3n) is 4.71. The van der Waals surface area contributed by atoms with Crippen LogP contribution in [0.1, 0.15) is 11.1 Å². The Morgan fingerprint density at radius 1 is 0.667 bits per heavy atom. The second kappa shape index (κ2) is 8.22. The van der Waals surface area contributed by atoms with Crippen LogP contribution in [-0.2, 0) is 0 Å². The molecule has 0 saturated heterocycles. The maximum absolute atomic E-state index is 10.1. The van der Waals surface area contributed by atoms with Gasteiger partial charge in [0.2, 0.25) is 0 Å². The molecule has 0 unspecified atom stereocenters. The van der Waals surface area contributed by atoms with Gasteiger partial charge < -0.3 is 4.74 Å². The number of methoxy groups -OCH3 is 1. The van der Waals surface area contributed by atoms with Gasteiger partial charge in [0.1, 0.15) is 17.9 Å². The van der Waals surface area contributed by atoms with Gasteiger partial charge in [-0.15, -0.1) is 0 Å². The van der Waals surface area contributed by atoms with Gasteiger partial charge in [-0.05, 0) is 42.0 Å². The molecule has 0 bridgehead atoms. The smallest absolute Gasteiger partial charge is 0.118 e. The molecule has 0 aliphatic heterocycles. The monoisotopic (exact) mass is 389 g/mol. The average molecular weight is 389 g/mol. The first-order valence-electron chi connectivity index (χ1n) is 9.10. The first-order chi connectivity index (χ1) is 14.8. The Balaban J connectivity index is 2.11. The normalized spacial score (nSPS) is 10.1. The molecule has 30 heavy (non-hydrogen) atoms. The Morgan fingerprint density at radius 2 is 1.13 bits per heavy atom. The van der Waals surface area contributed by atoms with Gasteiger partial charge in [-0.3, -0.25) is 9.97 Å². The molecule has 0 saturated carbocycles. The van der Waals surface area contributed by atoms with Crippen molar-refractivity contribution in [3.05, 3.63) is 84.4 Å². The maximum atomic E-state index is 10.1. The van der Waals surface area contributed by atoms with Crippen molar-refractivity contribution in [3.63, 3.8) is 0 Å². The Morgan fingerprint density at radius 3 is 1.53 bits per heavy atom. The van der Waals surface area contributed by atoms with E-state index < -0.39 is 0 Å². The molecule has 6 nitrogen and oxygen atoms in total. The van der Waals surface area contributed by atoms with Crippen LogP contribution in [0, 0.1) is 22.7 Å². The SMILES string of the molecule is COc1ccc(-c2c(C#N)c(-c3ccncc3)nc(-c3ccncc3)c2C#N)cc1. The van der Waals surface area contributed by atoms with Crippen molar-refractivity contribution in [1.29, 1.82) is 10.5 Å². The third kappa shape index (κ3) is 3.34. The number of nitrogens with zero attached hydrogens (tertiary/aromatic N) is 5. The standard InChI is InChI=1S/C24H15N5O/c1-30-19-4-2-16(3-5-19)22-20(14-25)23(17-6-10-27-11-7-17)29-24(21(22)15-26)18-8-12-28-13-9-18/h2-13H,1H3. The zero-order valence-corrected chi connectivity index (χ0v) is 16.1. The summed E-state index contributed by atoms with van der Waals surface area (Å²) in [6.07, 6.45) is 6.59. The molecule has 142 valence electrons. The fraction of sp³-hybridized carbons (Fsp3) is 0.0417. The van der Waals surface area contributed by atoms with E-state index in [2.05, 4.69) is 22.1 Å². The number of rotatable bonds is 4. The Labute approximate surface area is 173 Å². The van der Waals surface area contributed by atoms with Crippen LogP contribution in [0.25, 0.3) is 33.6 Å². The van der Waals surface area contributed by atoms with E-state index >= 15 is 0 Å². The van der Waals surface area contributed by atoms with E-state index in [0.29, 0.717) is 33.8 Å². The molecular formula is C24H15N5O. The molecular weight excluding hydrogens is 374 g/mol. The van der Waals surface area contributed by atoms with Gasteiger partial charge in [0.05, 0.1) is 29.6 Å². The zero-order valence-electron chi connectivity index (χ0n) is 16.1. The molecule has 3 aromatic heterocycles. The molecule has 0 N–H and O–H groups in total. The highest BCUT2D eigenvalue weighted by Crippen LogP contribution is 2.38. The number of pyridine rings is 3. The van der Waals surface area contributed by atoms with Crippen LogP contribution in [0.5, 0.6) is 5.75 Å². The number of nitriles is 2. The van der Waals surface area contributed by atoms with Crippen molar-refractivity contribution in [2.24, 2.45) is 0 Å². The minimum Gasteiger partial charge on any atom is -0.497 e. The van der Waals surface area contributed by atoms with Crippen molar-refractivity contribution in [2.75, 3.05) is 7.11 Å². The van der Waals surface area contributed by atoms with Crippen LogP contribution in [0.15, 0.2) is 73.3 Å². The van der Waals surface area contributed by atoms with Crippen molar-refractivity contribution in [2.45, 2.75) is 0 Å². The Kier molecular flexibility index (Phi) is 5.15. The Hall–Kier alpha value is -4.55. The van der Waals surface area contributed by atoms with Crippen molar-refractivity contribution in [3.8, 4) is 51.5 Å². The molecule has 3 heterocycles. The lowest BCUT2D eigenvalue weighted by molar-refractivity contribution is 0.415. The zero-order chi connectivity index (χ0) is 20.9. The van der Waals surface area contributed by atoms with Crippen LogP contribution in [0.2, 0.25) is 0 Å². The molecule has 4 aromatic rings. The second-order valence-corrected chi connectivity index (χ2v) is 6.36. The van der Waals surface area contributed by atoms with Gasteiger partial charge in [0.15, 0.2) is 0 Å².